The van der Waals surface area contributed by atoms with E-state index in [0.717, 1.165) is 25.6 Å². The predicted octanol–water partition coefficient (Wildman–Crippen LogP) is 2.86. The maximum Gasteiger partial charge on any atom is 0.0750 e. The lowest BCUT2D eigenvalue weighted by Crippen LogP contribution is -2.37. The van der Waals surface area contributed by atoms with Gasteiger partial charge < -0.3 is 15.0 Å². The van der Waals surface area contributed by atoms with Gasteiger partial charge in [-0.25, -0.2) is 0 Å². The Morgan fingerprint density at radius 1 is 1.30 bits per heavy atom. The van der Waals surface area contributed by atoms with Gasteiger partial charge in [0.15, 0.2) is 0 Å². The molecule has 3 rings (SSSR count). The van der Waals surface area contributed by atoms with Gasteiger partial charge in [0.2, 0.25) is 0 Å². The van der Waals surface area contributed by atoms with E-state index in [9.17, 15) is 0 Å². The molecule has 110 valence electrons. The molecule has 2 atom stereocenters. The van der Waals surface area contributed by atoms with Crippen LogP contribution < -0.4 is 10.2 Å². The second kappa shape index (κ2) is 5.74. The quantitative estimate of drug-likeness (QED) is 0.893. The van der Waals surface area contributed by atoms with Crippen LogP contribution in [0, 0.1) is 6.92 Å². The topological polar surface area (TPSA) is 24.5 Å². The highest BCUT2D eigenvalue weighted by Gasteiger charge is 2.29. The fraction of sp³-hybridized carbons (Fsp3) is 0.647. The summed E-state index contributed by atoms with van der Waals surface area (Å²) in [7, 11) is 2.21. The Bertz CT molecular complexity index is 470. The highest BCUT2D eigenvalue weighted by Crippen LogP contribution is 2.29. The maximum absolute atomic E-state index is 5.72. The minimum absolute atomic E-state index is 0.325. The summed E-state index contributed by atoms with van der Waals surface area (Å²) in [4.78, 5) is 2.42. The van der Waals surface area contributed by atoms with Crippen LogP contribution >= 0.6 is 0 Å². The van der Waals surface area contributed by atoms with Gasteiger partial charge in [-0.3, -0.25) is 0 Å². The Morgan fingerprint density at radius 2 is 2.10 bits per heavy atom. The molecule has 0 amide bonds. The minimum Gasteiger partial charge on any atom is -0.376 e. The molecule has 1 aromatic rings. The molecule has 1 aliphatic carbocycles. The number of ether oxygens (including phenoxy) is 1. The Balaban J connectivity index is 1.78. The van der Waals surface area contributed by atoms with E-state index in [1.54, 1.807) is 0 Å². The first-order valence-corrected chi connectivity index (χ1v) is 7.82. The summed E-state index contributed by atoms with van der Waals surface area (Å²) >= 11 is 0. The third-order valence-electron chi connectivity index (χ3n) is 4.61. The van der Waals surface area contributed by atoms with Gasteiger partial charge >= 0.3 is 0 Å². The van der Waals surface area contributed by atoms with E-state index in [0.29, 0.717) is 12.1 Å². The Morgan fingerprint density at radius 3 is 2.75 bits per heavy atom. The first kappa shape index (κ1) is 13.9. The maximum atomic E-state index is 5.72. The van der Waals surface area contributed by atoms with E-state index < -0.39 is 0 Å². The number of likely N-dealkylation sites (N-methyl/N-ethyl adjacent to an activating group) is 1. The smallest absolute Gasteiger partial charge is 0.0750 e. The Labute approximate surface area is 122 Å². The number of benzene rings is 1. The summed E-state index contributed by atoms with van der Waals surface area (Å²) in [6.07, 6.45) is 4.13. The van der Waals surface area contributed by atoms with E-state index in [2.05, 4.69) is 49.3 Å². The molecule has 2 unspecified atom stereocenters. The number of hydrogen-bond acceptors (Lipinski definition) is 3. The van der Waals surface area contributed by atoms with Crippen molar-refractivity contribution in [3.63, 3.8) is 0 Å². The standard InChI is InChI=1S/C17H26N2O/c1-12-4-7-17(14(10-12)11-18-15-5-6-15)19(3)16-8-9-20-13(16)2/h4,7,10,13,15-16,18H,5-6,8-9,11H2,1-3H3. The van der Waals surface area contributed by atoms with Crippen molar-refractivity contribution in [3.05, 3.63) is 29.3 Å². The first-order chi connectivity index (χ1) is 9.65. The SMILES string of the molecule is Cc1ccc(N(C)C2CCOC2C)c(CNC2CC2)c1. The molecule has 3 heteroatoms. The zero-order valence-electron chi connectivity index (χ0n) is 12.9. The van der Waals surface area contributed by atoms with Crippen LogP contribution in [0.2, 0.25) is 0 Å². The molecule has 1 aromatic carbocycles. The summed E-state index contributed by atoms with van der Waals surface area (Å²) in [5.74, 6) is 0. The van der Waals surface area contributed by atoms with Crippen molar-refractivity contribution < 1.29 is 4.74 Å². The normalized spacial score (nSPS) is 25.9. The molecule has 1 saturated heterocycles. The van der Waals surface area contributed by atoms with Crippen molar-refractivity contribution in [1.29, 1.82) is 0 Å². The van der Waals surface area contributed by atoms with Crippen molar-refractivity contribution in [2.75, 3.05) is 18.6 Å². The molecule has 0 spiro atoms. The largest absolute Gasteiger partial charge is 0.376 e. The van der Waals surface area contributed by atoms with Crippen molar-refractivity contribution in [3.8, 4) is 0 Å². The van der Waals surface area contributed by atoms with E-state index in [4.69, 9.17) is 4.74 Å². The number of rotatable bonds is 5. The zero-order chi connectivity index (χ0) is 14.1. The number of nitrogens with zero attached hydrogens (tertiary/aromatic N) is 1. The summed E-state index contributed by atoms with van der Waals surface area (Å²) in [6.45, 7) is 6.22. The lowest BCUT2D eigenvalue weighted by atomic mass is 10.0. The van der Waals surface area contributed by atoms with Gasteiger partial charge in [0.1, 0.15) is 0 Å². The van der Waals surface area contributed by atoms with Gasteiger partial charge in [0, 0.05) is 31.9 Å². The van der Waals surface area contributed by atoms with Crippen molar-refractivity contribution in [2.45, 2.75) is 57.8 Å². The van der Waals surface area contributed by atoms with Crippen LogP contribution in [0.4, 0.5) is 5.69 Å². The van der Waals surface area contributed by atoms with Crippen molar-refractivity contribution >= 4 is 5.69 Å². The third kappa shape index (κ3) is 2.99. The van der Waals surface area contributed by atoms with E-state index in [1.165, 1.54) is 29.7 Å². The molecule has 0 radical (unpaired) electrons. The predicted molar refractivity (Wildman–Crippen MR) is 83.3 cm³/mol. The zero-order valence-corrected chi connectivity index (χ0v) is 12.9. The third-order valence-corrected chi connectivity index (χ3v) is 4.61. The van der Waals surface area contributed by atoms with Crippen LogP contribution in [0.15, 0.2) is 18.2 Å². The molecule has 1 N–H and O–H groups in total. The highest BCUT2D eigenvalue weighted by molar-refractivity contribution is 5.55. The highest BCUT2D eigenvalue weighted by atomic mass is 16.5. The number of hydrogen-bond donors (Lipinski definition) is 1. The summed E-state index contributed by atoms with van der Waals surface area (Å²) in [5, 5.41) is 3.64. The fourth-order valence-corrected chi connectivity index (χ4v) is 3.15. The Hall–Kier alpha value is -1.06. The van der Waals surface area contributed by atoms with Gasteiger partial charge in [-0.05, 0) is 44.7 Å². The lowest BCUT2D eigenvalue weighted by molar-refractivity contribution is 0.118. The molecule has 2 fully saturated rings. The van der Waals surface area contributed by atoms with Gasteiger partial charge in [0.05, 0.1) is 12.1 Å². The summed E-state index contributed by atoms with van der Waals surface area (Å²) in [5.41, 5.74) is 4.11. The molecule has 1 heterocycles. The summed E-state index contributed by atoms with van der Waals surface area (Å²) in [6, 6.07) is 8.05. The first-order valence-electron chi connectivity index (χ1n) is 7.82. The molecule has 0 aromatic heterocycles. The monoisotopic (exact) mass is 274 g/mol. The number of aryl methyl sites for hydroxylation is 1. The molecular weight excluding hydrogens is 248 g/mol. The Kier molecular flexibility index (Phi) is 3.99. The fourth-order valence-electron chi connectivity index (χ4n) is 3.15. The van der Waals surface area contributed by atoms with Crippen LogP contribution in [0.3, 0.4) is 0 Å². The van der Waals surface area contributed by atoms with E-state index in [1.807, 2.05) is 0 Å². The van der Waals surface area contributed by atoms with Gasteiger partial charge in [-0.2, -0.15) is 0 Å². The van der Waals surface area contributed by atoms with Crippen molar-refractivity contribution in [2.24, 2.45) is 0 Å². The van der Waals surface area contributed by atoms with E-state index in [-0.39, 0.29) is 0 Å². The van der Waals surface area contributed by atoms with Gasteiger partial charge in [0.25, 0.3) is 0 Å². The second-order valence-corrected chi connectivity index (χ2v) is 6.33. The van der Waals surface area contributed by atoms with Crippen LogP contribution in [0.1, 0.15) is 37.3 Å². The van der Waals surface area contributed by atoms with Crippen LogP contribution in [0.5, 0.6) is 0 Å². The van der Waals surface area contributed by atoms with Crippen molar-refractivity contribution in [1.82, 2.24) is 5.32 Å². The molecule has 0 bridgehead atoms. The lowest BCUT2D eigenvalue weighted by Gasteiger charge is -2.31. The molecule has 1 aliphatic heterocycles. The number of anilines is 1. The molecule has 2 aliphatic rings. The molecule has 3 nitrogen and oxygen atoms in total. The number of nitrogens with one attached hydrogen (secondary N) is 1. The van der Waals surface area contributed by atoms with Crippen LogP contribution in [-0.4, -0.2) is 31.8 Å². The minimum atomic E-state index is 0.325. The average Bonchev–Trinajstić information content (AvgIpc) is 3.16. The summed E-state index contributed by atoms with van der Waals surface area (Å²) < 4.78 is 5.72. The van der Waals surface area contributed by atoms with Crippen LogP contribution in [-0.2, 0) is 11.3 Å². The average molecular weight is 274 g/mol. The molecule has 20 heavy (non-hydrogen) atoms. The van der Waals surface area contributed by atoms with Crippen LogP contribution in [0.25, 0.3) is 0 Å². The van der Waals surface area contributed by atoms with Gasteiger partial charge in [-0.15, -0.1) is 0 Å². The van der Waals surface area contributed by atoms with Gasteiger partial charge in [-0.1, -0.05) is 17.7 Å². The van der Waals surface area contributed by atoms with E-state index >= 15 is 0 Å². The second-order valence-electron chi connectivity index (χ2n) is 6.33. The molecular formula is C17H26N2O. The molecule has 1 saturated carbocycles.